The summed E-state index contributed by atoms with van der Waals surface area (Å²) in [5.41, 5.74) is -0.210. The van der Waals surface area contributed by atoms with E-state index in [4.69, 9.17) is 0 Å². The molecule has 2 saturated heterocycles. The predicted molar refractivity (Wildman–Crippen MR) is 98.5 cm³/mol. The molecule has 2 fully saturated rings. The molecule has 2 aliphatic rings. The number of nitrogens with zero attached hydrogens (tertiary/aromatic N) is 2. The summed E-state index contributed by atoms with van der Waals surface area (Å²) in [4.78, 5) is 51.8. The Kier molecular flexibility index (Phi) is 5.95. The Bertz CT molecular complexity index is 850. The number of imide groups is 1. The van der Waals surface area contributed by atoms with Gasteiger partial charge >= 0.3 is 0 Å². The smallest absolute Gasteiger partial charge is 0.256 e. The van der Waals surface area contributed by atoms with E-state index in [0.717, 1.165) is 17.0 Å². The molecule has 1 aromatic carbocycles. The fraction of sp³-hybridized carbons (Fsp3) is 0.500. The van der Waals surface area contributed by atoms with Crippen LogP contribution in [0, 0.1) is 17.6 Å². The molecule has 0 aliphatic carbocycles. The zero-order chi connectivity index (χ0) is 21.3. The molecule has 156 valence electrons. The average Bonchev–Trinajstić information content (AvgIpc) is 2.94. The summed E-state index contributed by atoms with van der Waals surface area (Å²) in [5.74, 6) is -3.69. The van der Waals surface area contributed by atoms with E-state index in [-0.39, 0.29) is 42.9 Å². The van der Waals surface area contributed by atoms with Crippen LogP contribution >= 0.6 is 0 Å². The number of piperidine rings is 1. The molecular weight excluding hydrogens is 384 g/mol. The van der Waals surface area contributed by atoms with Gasteiger partial charge in [-0.1, -0.05) is 0 Å². The third kappa shape index (κ3) is 4.28. The molecule has 0 spiro atoms. The first-order chi connectivity index (χ1) is 13.7. The van der Waals surface area contributed by atoms with E-state index in [1.807, 2.05) is 0 Å². The second-order valence-corrected chi connectivity index (χ2v) is 7.65. The van der Waals surface area contributed by atoms with Gasteiger partial charge in [0, 0.05) is 31.1 Å². The fourth-order valence-electron chi connectivity index (χ4n) is 3.77. The van der Waals surface area contributed by atoms with Crippen molar-refractivity contribution in [2.24, 2.45) is 5.92 Å². The molecule has 1 N–H and O–H groups in total. The Morgan fingerprint density at radius 1 is 1.14 bits per heavy atom. The van der Waals surface area contributed by atoms with E-state index < -0.39 is 35.4 Å². The number of hydrogen-bond acceptors (Lipinski definition) is 4. The molecule has 9 heteroatoms. The van der Waals surface area contributed by atoms with Crippen molar-refractivity contribution in [2.45, 2.75) is 45.2 Å². The summed E-state index contributed by atoms with van der Waals surface area (Å²) < 4.78 is 26.9. The highest BCUT2D eigenvalue weighted by Crippen LogP contribution is 2.22. The van der Waals surface area contributed by atoms with Gasteiger partial charge in [-0.15, -0.1) is 0 Å². The van der Waals surface area contributed by atoms with E-state index in [9.17, 15) is 28.0 Å². The van der Waals surface area contributed by atoms with Gasteiger partial charge in [0.15, 0.2) is 0 Å². The second kappa shape index (κ2) is 8.26. The van der Waals surface area contributed by atoms with Crippen LogP contribution < -0.4 is 5.32 Å². The molecule has 2 aliphatic heterocycles. The minimum atomic E-state index is -0.922. The molecule has 3 rings (SSSR count). The molecule has 4 amide bonds. The molecule has 2 heterocycles. The van der Waals surface area contributed by atoms with Crippen LogP contribution in [-0.2, 0) is 14.4 Å². The lowest BCUT2D eigenvalue weighted by Gasteiger charge is -2.32. The van der Waals surface area contributed by atoms with Crippen molar-refractivity contribution >= 4 is 23.6 Å². The standard InChI is InChI=1S/C20H23F2N3O4/c1-11(2)25-17(26)10-16(20(25)29)23-18(27)12-5-7-24(8-6-12)19(28)14-4-3-13(21)9-15(14)22/h3-4,9,11-12,16H,5-8,10H2,1-2H3,(H,23,27)/t16-/m1/s1. The molecule has 0 aromatic heterocycles. The molecular formula is C20H23F2N3O4. The van der Waals surface area contributed by atoms with Crippen LogP contribution in [0.15, 0.2) is 18.2 Å². The van der Waals surface area contributed by atoms with Gasteiger partial charge in [0.25, 0.3) is 11.8 Å². The van der Waals surface area contributed by atoms with Gasteiger partial charge in [0.05, 0.1) is 12.0 Å². The van der Waals surface area contributed by atoms with E-state index >= 15 is 0 Å². The first-order valence-electron chi connectivity index (χ1n) is 9.59. The SMILES string of the molecule is CC(C)N1C(=O)C[C@@H](NC(=O)C2CCN(C(=O)c3ccc(F)cc3F)CC2)C1=O. The lowest BCUT2D eigenvalue weighted by atomic mass is 9.95. The first-order valence-corrected chi connectivity index (χ1v) is 9.59. The van der Waals surface area contributed by atoms with Crippen molar-refractivity contribution in [1.82, 2.24) is 15.1 Å². The van der Waals surface area contributed by atoms with Gasteiger partial charge in [-0.05, 0) is 38.8 Å². The number of benzene rings is 1. The zero-order valence-corrected chi connectivity index (χ0v) is 16.3. The van der Waals surface area contributed by atoms with Crippen LogP contribution in [0.4, 0.5) is 8.78 Å². The molecule has 0 unspecified atom stereocenters. The van der Waals surface area contributed by atoms with Crippen molar-refractivity contribution in [3.05, 3.63) is 35.4 Å². The van der Waals surface area contributed by atoms with Crippen LogP contribution in [0.2, 0.25) is 0 Å². The maximum Gasteiger partial charge on any atom is 0.256 e. The van der Waals surface area contributed by atoms with Crippen LogP contribution in [0.3, 0.4) is 0 Å². The van der Waals surface area contributed by atoms with Crippen molar-refractivity contribution < 1.29 is 28.0 Å². The van der Waals surface area contributed by atoms with E-state index in [1.165, 1.54) is 4.90 Å². The largest absolute Gasteiger partial charge is 0.344 e. The number of carbonyl (C=O) groups is 4. The molecule has 7 nitrogen and oxygen atoms in total. The van der Waals surface area contributed by atoms with Crippen molar-refractivity contribution in [1.29, 1.82) is 0 Å². The first kappa shape index (κ1) is 20.9. The quantitative estimate of drug-likeness (QED) is 0.766. The Morgan fingerprint density at radius 2 is 1.79 bits per heavy atom. The zero-order valence-electron chi connectivity index (χ0n) is 16.3. The van der Waals surface area contributed by atoms with Crippen LogP contribution in [0.5, 0.6) is 0 Å². The van der Waals surface area contributed by atoms with Gasteiger partial charge in [0.2, 0.25) is 11.8 Å². The van der Waals surface area contributed by atoms with Gasteiger partial charge in [-0.2, -0.15) is 0 Å². The Balaban J connectivity index is 1.55. The summed E-state index contributed by atoms with van der Waals surface area (Å²) in [6.45, 7) is 3.94. The normalized spacial score (nSPS) is 20.5. The highest BCUT2D eigenvalue weighted by atomic mass is 19.1. The summed E-state index contributed by atoms with van der Waals surface area (Å²) in [6, 6.07) is 1.67. The third-order valence-electron chi connectivity index (χ3n) is 5.33. The van der Waals surface area contributed by atoms with Crippen molar-refractivity contribution in [3.8, 4) is 0 Å². The number of rotatable bonds is 4. The number of halogens is 2. The molecule has 0 saturated carbocycles. The lowest BCUT2D eigenvalue weighted by Crippen LogP contribution is -2.48. The number of nitrogens with one attached hydrogen (secondary N) is 1. The number of carbonyl (C=O) groups excluding carboxylic acids is 4. The van der Waals surface area contributed by atoms with Crippen LogP contribution in [0.25, 0.3) is 0 Å². The highest BCUT2D eigenvalue weighted by molar-refractivity contribution is 6.07. The van der Waals surface area contributed by atoms with Crippen LogP contribution in [-0.4, -0.2) is 58.6 Å². The van der Waals surface area contributed by atoms with Gasteiger partial charge in [-0.3, -0.25) is 24.1 Å². The van der Waals surface area contributed by atoms with E-state index in [1.54, 1.807) is 13.8 Å². The summed E-state index contributed by atoms with van der Waals surface area (Å²) in [5, 5.41) is 2.65. The van der Waals surface area contributed by atoms with Crippen molar-refractivity contribution in [3.63, 3.8) is 0 Å². The summed E-state index contributed by atoms with van der Waals surface area (Å²) in [7, 11) is 0. The minimum absolute atomic E-state index is 0.0517. The molecule has 1 aromatic rings. The predicted octanol–water partition coefficient (Wildman–Crippen LogP) is 1.47. The lowest BCUT2D eigenvalue weighted by molar-refractivity contribution is -0.141. The average molecular weight is 407 g/mol. The fourth-order valence-corrected chi connectivity index (χ4v) is 3.77. The summed E-state index contributed by atoms with van der Waals surface area (Å²) in [6.07, 6.45) is 0.649. The molecule has 0 radical (unpaired) electrons. The monoisotopic (exact) mass is 407 g/mol. The molecule has 0 bridgehead atoms. The topological polar surface area (TPSA) is 86.8 Å². The maximum absolute atomic E-state index is 13.8. The second-order valence-electron chi connectivity index (χ2n) is 7.65. The number of likely N-dealkylation sites (tertiary alicyclic amines) is 2. The van der Waals surface area contributed by atoms with Gasteiger partial charge < -0.3 is 10.2 Å². The molecule has 29 heavy (non-hydrogen) atoms. The van der Waals surface area contributed by atoms with Crippen LogP contribution in [0.1, 0.15) is 43.5 Å². The number of amides is 4. The van der Waals surface area contributed by atoms with E-state index in [2.05, 4.69) is 5.32 Å². The van der Waals surface area contributed by atoms with Gasteiger partial charge in [-0.25, -0.2) is 8.78 Å². The highest BCUT2D eigenvalue weighted by Gasteiger charge is 2.41. The number of hydrogen-bond donors (Lipinski definition) is 1. The Labute approximate surface area is 167 Å². The van der Waals surface area contributed by atoms with Gasteiger partial charge in [0.1, 0.15) is 17.7 Å². The third-order valence-corrected chi connectivity index (χ3v) is 5.33. The van der Waals surface area contributed by atoms with E-state index in [0.29, 0.717) is 18.9 Å². The Hall–Kier alpha value is -2.84. The molecule has 1 atom stereocenters. The minimum Gasteiger partial charge on any atom is -0.344 e. The maximum atomic E-state index is 13.8. The summed E-state index contributed by atoms with van der Waals surface area (Å²) >= 11 is 0. The Morgan fingerprint density at radius 3 is 2.34 bits per heavy atom. The van der Waals surface area contributed by atoms with Crippen molar-refractivity contribution in [2.75, 3.05) is 13.1 Å².